The first-order chi connectivity index (χ1) is 27.3. The van der Waals surface area contributed by atoms with Crippen LogP contribution < -0.4 is 0 Å². The predicted octanol–water partition coefficient (Wildman–Crippen LogP) is 11.9. The lowest BCUT2D eigenvalue weighted by Gasteiger charge is -2.30. The van der Waals surface area contributed by atoms with Crippen LogP contribution >= 0.6 is 0 Å². The van der Waals surface area contributed by atoms with Crippen molar-refractivity contribution in [3.63, 3.8) is 0 Å². The molecule has 256 valence electrons. The first-order valence-electron chi connectivity index (χ1n) is 18.6. The molecule has 2 aliphatic carbocycles. The maximum Gasteiger partial charge on any atom is 0.164 e. The lowest BCUT2D eigenvalue weighted by atomic mass is 9.70. The van der Waals surface area contributed by atoms with Crippen LogP contribution in [0, 0.1) is 0 Å². The van der Waals surface area contributed by atoms with Crippen LogP contribution in [-0.4, -0.2) is 19.9 Å². The summed E-state index contributed by atoms with van der Waals surface area (Å²) in [6.07, 6.45) is 3.67. The summed E-state index contributed by atoms with van der Waals surface area (Å²) < 4.78 is 0. The molecule has 0 fully saturated rings. The Morgan fingerprint density at radius 2 is 0.745 bits per heavy atom. The van der Waals surface area contributed by atoms with Gasteiger partial charge in [0, 0.05) is 29.1 Å². The molecule has 0 unspecified atom stereocenters. The molecule has 0 radical (unpaired) electrons. The van der Waals surface area contributed by atoms with Gasteiger partial charge in [0.2, 0.25) is 0 Å². The van der Waals surface area contributed by atoms with Crippen molar-refractivity contribution in [2.45, 2.75) is 5.41 Å². The monoisotopic (exact) mass is 700 g/mol. The Balaban J connectivity index is 1.03. The highest BCUT2D eigenvalue weighted by molar-refractivity contribution is 5.96. The number of benzene rings is 7. The van der Waals surface area contributed by atoms with Crippen molar-refractivity contribution in [3.8, 4) is 78.7 Å². The minimum Gasteiger partial charge on any atom is -0.264 e. The van der Waals surface area contributed by atoms with Crippen LogP contribution in [0.15, 0.2) is 194 Å². The third-order valence-electron chi connectivity index (χ3n) is 11.3. The molecular weight excluding hydrogens is 669 g/mol. The lowest BCUT2D eigenvalue weighted by molar-refractivity contribution is 0.794. The van der Waals surface area contributed by atoms with Gasteiger partial charge in [-0.3, -0.25) is 4.98 Å². The van der Waals surface area contributed by atoms with Crippen molar-refractivity contribution in [2.75, 3.05) is 0 Å². The Morgan fingerprint density at radius 3 is 1.38 bits per heavy atom. The predicted molar refractivity (Wildman–Crippen MR) is 221 cm³/mol. The normalized spacial score (nSPS) is 12.9. The van der Waals surface area contributed by atoms with Crippen LogP contribution in [0.4, 0.5) is 0 Å². The molecule has 4 heteroatoms. The third kappa shape index (κ3) is 4.85. The van der Waals surface area contributed by atoms with E-state index in [9.17, 15) is 0 Å². The van der Waals surface area contributed by atoms with Crippen LogP contribution in [-0.2, 0) is 5.41 Å². The van der Waals surface area contributed by atoms with Crippen LogP contribution in [0.5, 0.6) is 0 Å². The first-order valence-corrected chi connectivity index (χ1v) is 18.6. The molecule has 0 saturated heterocycles. The number of fused-ring (bicyclic) bond motifs is 10. The van der Waals surface area contributed by atoms with Gasteiger partial charge in [-0.2, -0.15) is 0 Å². The zero-order valence-corrected chi connectivity index (χ0v) is 29.8. The van der Waals surface area contributed by atoms with Crippen molar-refractivity contribution in [1.29, 1.82) is 0 Å². The van der Waals surface area contributed by atoms with Crippen LogP contribution in [0.25, 0.3) is 78.7 Å². The number of nitrogens with zero attached hydrogens (tertiary/aromatic N) is 4. The number of hydrogen-bond acceptors (Lipinski definition) is 4. The van der Waals surface area contributed by atoms with Crippen molar-refractivity contribution in [3.05, 3.63) is 217 Å². The maximum absolute atomic E-state index is 5.08. The number of pyridine rings is 1. The van der Waals surface area contributed by atoms with E-state index in [0.717, 1.165) is 38.9 Å². The average molecular weight is 701 g/mol. The molecule has 2 aromatic heterocycles. The standard InChI is InChI=1S/C51H32N4/c1-2-12-34(13-3-1)48-53-49(35-25-23-33(24-26-35)39-16-11-29-52-32-39)55-50(54-48)38-15-10-14-36(30-38)37-27-28-47-43(31-37)42-19-6-9-22-46(42)51(47)44-20-7-4-17-40(44)41-18-5-8-21-45(41)51/h1-32H. The van der Waals surface area contributed by atoms with Gasteiger partial charge < -0.3 is 0 Å². The van der Waals surface area contributed by atoms with E-state index >= 15 is 0 Å². The third-order valence-corrected chi connectivity index (χ3v) is 11.3. The van der Waals surface area contributed by atoms with E-state index in [2.05, 4.69) is 151 Å². The van der Waals surface area contributed by atoms with Crippen LogP contribution in [0.2, 0.25) is 0 Å². The molecule has 0 saturated carbocycles. The topological polar surface area (TPSA) is 51.6 Å². The highest BCUT2D eigenvalue weighted by Gasteiger charge is 2.51. The largest absolute Gasteiger partial charge is 0.264 e. The fourth-order valence-corrected chi connectivity index (χ4v) is 8.81. The summed E-state index contributed by atoms with van der Waals surface area (Å²) in [7, 11) is 0. The molecule has 4 nitrogen and oxygen atoms in total. The van der Waals surface area contributed by atoms with Crippen molar-refractivity contribution in [2.24, 2.45) is 0 Å². The molecule has 55 heavy (non-hydrogen) atoms. The van der Waals surface area contributed by atoms with E-state index in [4.69, 9.17) is 15.0 Å². The fourth-order valence-electron chi connectivity index (χ4n) is 8.81. The molecule has 2 heterocycles. The molecule has 1 spiro atoms. The number of aromatic nitrogens is 4. The smallest absolute Gasteiger partial charge is 0.164 e. The average Bonchev–Trinajstić information content (AvgIpc) is 3.74. The Bertz CT molecular complexity index is 2870. The fraction of sp³-hybridized carbons (Fsp3) is 0.0196. The maximum atomic E-state index is 5.08. The second-order valence-corrected chi connectivity index (χ2v) is 14.2. The Hall–Kier alpha value is -7.30. The lowest BCUT2D eigenvalue weighted by Crippen LogP contribution is -2.25. The number of rotatable bonds is 5. The Labute approximate surface area is 319 Å². The molecule has 11 rings (SSSR count). The molecule has 0 atom stereocenters. The summed E-state index contributed by atoms with van der Waals surface area (Å²) >= 11 is 0. The van der Waals surface area contributed by atoms with Crippen LogP contribution in [0.1, 0.15) is 22.3 Å². The molecule has 0 bridgehead atoms. The van der Waals surface area contributed by atoms with E-state index in [1.165, 1.54) is 44.5 Å². The van der Waals surface area contributed by atoms with Gasteiger partial charge in [-0.1, -0.05) is 164 Å². The molecule has 0 aliphatic heterocycles. The zero-order chi connectivity index (χ0) is 36.3. The summed E-state index contributed by atoms with van der Waals surface area (Å²) in [6, 6.07) is 64.9. The van der Waals surface area contributed by atoms with E-state index in [1.807, 2.05) is 42.6 Å². The highest BCUT2D eigenvalue weighted by atomic mass is 15.0. The first kappa shape index (κ1) is 31.2. The summed E-state index contributed by atoms with van der Waals surface area (Å²) in [5.41, 5.74) is 17.4. The molecule has 9 aromatic rings. The van der Waals surface area contributed by atoms with Gasteiger partial charge in [0.1, 0.15) is 0 Å². The van der Waals surface area contributed by atoms with Gasteiger partial charge in [0.25, 0.3) is 0 Å². The van der Waals surface area contributed by atoms with Gasteiger partial charge in [-0.05, 0) is 85.0 Å². The molecule has 2 aliphatic rings. The second kappa shape index (κ2) is 12.4. The summed E-state index contributed by atoms with van der Waals surface area (Å²) in [4.78, 5) is 19.4. The molecule has 7 aromatic carbocycles. The minimum absolute atomic E-state index is 0.356. The van der Waals surface area contributed by atoms with Crippen molar-refractivity contribution >= 4 is 0 Å². The zero-order valence-electron chi connectivity index (χ0n) is 29.8. The van der Waals surface area contributed by atoms with E-state index in [-0.39, 0.29) is 5.41 Å². The van der Waals surface area contributed by atoms with Crippen molar-refractivity contribution < 1.29 is 0 Å². The highest BCUT2D eigenvalue weighted by Crippen LogP contribution is 2.62. The van der Waals surface area contributed by atoms with E-state index in [0.29, 0.717) is 17.5 Å². The Morgan fingerprint density at radius 1 is 0.291 bits per heavy atom. The van der Waals surface area contributed by atoms with Gasteiger partial charge in [-0.25, -0.2) is 15.0 Å². The van der Waals surface area contributed by atoms with Gasteiger partial charge in [0.15, 0.2) is 17.5 Å². The minimum atomic E-state index is -0.356. The molecule has 0 amide bonds. The van der Waals surface area contributed by atoms with Crippen LogP contribution in [0.3, 0.4) is 0 Å². The van der Waals surface area contributed by atoms with Gasteiger partial charge in [-0.15, -0.1) is 0 Å². The van der Waals surface area contributed by atoms with Gasteiger partial charge >= 0.3 is 0 Å². The molecule has 0 N–H and O–H groups in total. The van der Waals surface area contributed by atoms with E-state index < -0.39 is 0 Å². The van der Waals surface area contributed by atoms with Crippen molar-refractivity contribution in [1.82, 2.24) is 19.9 Å². The summed E-state index contributed by atoms with van der Waals surface area (Å²) in [5, 5.41) is 0. The SMILES string of the molecule is c1ccc(-c2nc(-c3ccc(-c4cccnc4)cc3)nc(-c3cccc(-c4ccc5c(c4)-c4ccccc4C54c5ccccc5-c5ccccc54)c3)n2)cc1. The van der Waals surface area contributed by atoms with E-state index in [1.54, 1.807) is 6.20 Å². The Kier molecular flexibility index (Phi) is 7.04. The van der Waals surface area contributed by atoms with Gasteiger partial charge in [0.05, 0.1) is 5.41 Å². The number of hydrogen-bond donors (Lipinski definition) is 0. The quantitative estimate of drug-likeness (QED) is 0.179. The summed E-state index contributed by atoms with van der Waals surface area (Å²) in [6.45, 7) is 0. The molecular formula is C51H32N4. The second-order valence-electron chi connectivity index (χ2n) is 14.2. The summed E-state index contributed by atoms with van der Waals surface area (Å²) in [5.74, 6) is 1.90.